The van der Waals surface area contributed by atoms with Crippen molar-refractivity contribution >= 4 is 5.91 Å². The maximum Gasteiger partial charge on any atom is 0.226 e. The molecule has 0 spiro atoms. The minimum Gasteiger partial charge on any atom is -0.351 e. The number of amides is 1. The minimum absolute atomic E-state index is 0.0779. The van der Waals surface area contributed by atoms with Crippen LogP contribution in [0.1, 0.15) is 32.3 Å². The molecule has 1 aliphatic heterocycles. The van der Waals surface area contributed by atoms with Gasteiger partial charge in [0.05, 0.1) is 0 Å². The molecule has 116 valence electrons. The Morgan fingerprint density at radius 1 is 1.43 bits per heavy atom. The molecule has 2 N–H and O–H groups in total. The lowest BCUT2D eigenvalue weighted by Crippen LogP contribution is -2.47. The molecule has 3 nitrogen and oxygen atoms in total. The topological polar surface area (TPSA) is 41.1 Å². The Labute approximate surface area is 124 Å². The van der Waals surface area contributed by atoms with E-state index in [1.54, 1.807) is 0 Å². The van der Waals surface area contributed by atoms with Crippen molar-refractivity contribution < 1.29 is 13.6 Å². The van der Waals surface area contributed by atoms with E-state index in [2.05, 4.69) is 10.6 Å². The molecule has 1 atom stereocenters. The van der Waals surface area contributed by atoms with Gasteiger partial charge in [0.15, 0.2) is 0 Å². The fourth-order valence-corrected chi connectivity index (χ4v) is 2.72. The Bertz CT molecular complexity index is 511. The maximum absolute atomic E-state index is 13.6. The van der Waals surface area contributed by atoms with E-state index in [4.69, 9.17) is 0 Å². The zero-order valence-corrected chi connectivity index (χ0v) is 12.5. The molecular weight excluding hydrogens is 274 g/mol. The van der Waals surface area contributed by atoms with E-state index in [1.165, 1.54) is 12.1 Å². The molecular formula is C16H22F2N2O. The SMILES string of the molecule is CC(C)(C(=O)NCc1ccc(F)cc1F)C1CCCNC1. The molecule has 1 aromatic rings. The summed E-state index contributed by atoms with van der Waals surface area (Å²) >= 11 is 0. The molecule has 1 aliphatic rings. The van der Waals surface area contributed by atoms with Crippen LogP contribution in [0.2, 0.25) is 0 Å². The highest BCUT2D eigenvalue weighted by Crippen LogP contribution is 2.32. The summed E-state index contributed by atoms with van der Waals surface area (Å²) in [5.41, 5.74) is -0.216. The lowest BCUT2D eigenvalue weighted by molar-refractivity contribution is -0.132. The first kappa shape index (κ1) is 15.9. The van der Waals surface area contributed by atoms with Crippen LogP contribution < -0.4 is 10.6 Å². The molecule has 1 fully saturated rings. The van der Waals surface area contributed by atoms with Gasteiger partial charge in [-0.25, -0.2) is 8.78 Å². The lowest BCUT2D eigenvalue weighted by atomic mass is 9.74. The highest BCUT2D eigenvalue weighted by atomic mass is 19.1. The molecule has 1 saturated heterocycles. The third kappa shape index (κ3) is 3.79. The number of hydrogen-bond acceptors (Lipinski definition) is 2. The quantitative estimate of drug-likeness (QED) is 0.897. The van der Waals surface area contributed by atoms with Gasteiger partial charge in [-0.3, -0.25) is 4.79 Å². The summed E-state index contributed by atoms with van der Waals surface area (Å²) < 4.78 is 26.4. The van der Waals surface area contributed by atoms with Gasteiger partial charge in [0.2, 0.25) is 5.91 Å². The summed E-state index contributed by atoms with van der Waals surface area (Å²) in [6, 6.07) is 3.39. The lowest BCUT2D eigenvalue weighted by Gasteiger charge is -2.36. The van der Waals surface area contributed by atoms with Crippen LogP contribution >= 0.6 is 0 Å². The summed E-state index contributed by atoms with van der Waals surface area (Å²) in [6.45, 7) is 5.73. The minimum atomic E-state index is -0.632. The Morgan fingerprint density at radius 2 is 2.19 bits per heavy atom. The Balaban J connectivity index is 1.96. The average Bonchev–Trinajstić information content (AvgIpc) is 2.47. The molecule has 1 amide bonds. The molecule has 21 heavy (non-hydrogen) atoms. The summed E-state index contributed by atoms with van der Waals surface area (Å²) in [7, 11) is 0. The van der Waals surface area contributed by atoms with Crippen molar-refractivity contribution in [1.29, 1.82) is 0 Å². The molecule has 1 aromatic carbocycles. The standard InChI is InChI=1S/C16H22F2N2O/c1-16(2,12-4-3-7-19-10-12)15(21)20-9-11-5-6-13(17)8-14(11)18/h5-6,8,12,19H,3-4,7,9-10H2,1-2H3,(H,20,21). The van der Waals surface area contributed by atoms with Crippen LogP contribution in [0.3, 0.4) is 0 Å². The summed E-state index contributed by atoms with van der Waals surface area (Å²) in [5.74, 6) is -1.08. The second kappa shape index (κ2) is 6.52. The first-order valence-corrected chi connectivity index (χ1v) is 7.34. The number of benzene rings is 1. The molecule has 0 aliphatic carbocycles. The van der Waals surface area contributed by atoms with Crippen molar-refractivity contribution in [2.45, 2.75) is 33.2 Å². The van der Waals surface area contributed by atoms with E-state index in [-0.39, 0.29) is 18.4 Å². The number of piperidine rings is 1. The number of hydrogen-bond donors (Lipinski definition) is 2. The zero-order valence-electron chi connectivity index (χ0n) is 12.5. The highest BCUT2D eigenvalue weighted by Gasteiger charge is 2.37. The molecule has 1 heterocycles. The molecule has 0 aromatic heterocycles. The van der Waals surface area contributed by atoms with Crippen LogP contribution in [0.5, 0.6) is 0 Å². The van der Waals surface area contributed by atoms with Gasteiger partial charge in [-0.05, 0) is 37.9 Å². The Hall–Kier alpha value is -1.49. The molecule has 2 rings (SSSR count). The maximum atomic E-state index is 13.6. The van der Waals surface area contributed by atoms with E-state index in [1.807, 2.05) is 13.8 Å². The fraction of sp³-hybridized carbons (Fsp3) is 0.562. The number of carbonyl (C=O) groups is 1. The zero-order chi connectivity index (χ0) is 15.5. The van der Waals surface area contributed by atoms with Crippen LogP contribution in [0.25, 0.3) is 0 Å². The van der Waals surface area contributed by atoms with E-state index >= 15 is 0 Å². The van der Waals surface area contributed by atoms with Gasteiger partial charge >= 0.3 is 0 Å². The normalized spacial score (nSPS) is 19.3. The number of rotatable bonds is 4. The van der Waals surface area contributed by atoms with E-state index in [0.29, 0.717) is 5.56 Å². The van der Waals surface area contributed by atoms with Crippen LogP contribution in [0.4, 0.5) is 8.78 Å². The largest absolute Gasteiger partial charge is 0.351 e. The predicted octanol–water partition coefficient (Wildman–Crippen LogP) is 2.61. The van der Waals surface area contributed by atoms with Crippen molar-refractivity contribution in [1.82, 2.24) is 10.6 Å². The first-order valence-electron chi connectivity index (χ1n) is 7.34. The summed E-state index contributed by atoms with van der Waals surface area (Å²) in [6.07, 6.45) is 2.08. The fourth-order valence-electron chi connectivity index (χ4n) is 2.72. The number of carbonyl (C=O) groups excluding carboxylic acids is 1. The van der Waals surface area contributed by atoms with Crippen LogP contribution in [0.15, 0.2) is 18.2 Å². The molecule has 0 radical (unpaired) electrons. The van der Waals surface area contributed by atoms with Crippen LogP contribution in [-0.4, -0.2) is 19.0 Å². The third-order valence-corrected chi connectivity index (χ3v) is 4.36. The van der Waals surface area contributed by atoms with Crippen LogP contribution in [-0.2, 0) is 11.3 Å². The van der Waals surface area contributed by atoms with Crippen molar-refractivity contribution in [2.75, 3.05) is 13.1 Å². The van der Waals surface area contributed by atoms with Crippen molar-refractivity contribution in [3.8, 4) is 0 Å². The van der Waals surface area contributed by atoms with E-state index in [9.17, 15) is 13.6 Å². The van der Waals surface area contributed by atoms with E-state index in [0.717, 1.165) is 32.0 Å². The Morgan fingerprint density at radius 3 is 2.81 bits per heavy atom. The van der Waals surface area contributed by atoms with Crippen molar-refractivity contribution in [3.63, 3.8) is 0 Å². The highest BCUT2D eigenvalue weighted by molar-refractivity contribution is 5.82. The molecule has 0 saturated carbocycles. The molecule has 1 unspecified atom stereocenters. The summed E-state index contributed by atoms with van der Waals surface area (Å²) in [4.78, 5) is 12.4. The second-order valence-corrected chi connectivity index (χ2v) is 6.18. The first-order chi connectivity index (χ1) is 9.91. The van der Waals surface area contributed by atoms with Gasteiger partial charge in [-0.1, -0.05) is 19.9 Å². The molecule has 0 bridgehead atoms. The predicted molar refractivity (Wildman–Crippen MR) is 77.6 cm³/mol. The second-order valence-electron chi connectivity index (χ2n) is 6.18. The average molecular weight is 296 g/mol. The van der Waals surface area contributed by atoms with Gasteiger partial charge in [-0.15, -0.1) is 0 Å². The van der Waals surface area contributed by atoms with E-state index < -0.39 is 17.0 Å². The third-order valence-electron chi connectivity index (χ3n) is 4.36. The van der Waals surface area contributed by atoms with Crippen LogP contribution in [0, 0.1) is 23.0 Å². The summed E-state index contributed by atoms with van der Waals surface area (Å²) in [5, 5.41) is 6.07. The molecule has 5 heteroatoms. The van der Waals surface area contributed by atoms with Gasteiger partial charge in [0.25, 0.3) is 0 Å². The van der Waals surface area contributed by atoms with Gasteiger partial charge in [-0.2, -0.15) is 0 Å². The number of halogens is 2. The van der Waals surface area contributed by atoms with Gasteiger partial charge in [0.1, 0.15) is 11.6 Å². The van der Waals surface area contributed by atoms with Crippen molar-refractivity contribution in [3.05, 3.63) is 35.4 Å². The monoisotopic (exact) mass is 296 g/mol. The Kier molecular flexibility index (Phi) is 4.93. The van der Waals surface area contributed by atoms with Crippen molar-refractivity contribution in [2.24, 2.45) is 11.3 Å². The van der Waals surface area contributed by atoms with Gasteiger partial charge < -0.3 is 10.6 Å². The number of nitrogens with one attached hydrogen (secondary N) is 2. The van der Waals surface area contributed by atoms with Gasteiger partial charge in [0, 0.05) is 23.6 Å². The smallest absolute Gasteiger partial charge is 0.226 e.